The average Bonchev–Trinajstić information content (AvgIpc) is 2.87. The summed E-state index contributed by atoms with van der Waals surface area (Å²) < 4.78 is 11.9. The fraction of sp³-hybridized carbons (Fsp3) is 0.167. The number of ether oxygens (including phenoxy) is 2. The molecule has 0 fully saturated rings. The molecule has 0 unspecified atom stereocenters. The maximum absolute atomic E-state index is 9.57. The SMILES string of the molecule is CC(C)(c1ccc(O)cc1)c1ccc(OCc2cccc(COc3ccc(C(=N)N)cc3)c2)cc1. The van der Waals surface area contributed by atoms with Gasteiger partial charge in [0.25, 0.3) is 0 Å². The number of benzene rings is 4. The lowest BCUT2D eigenvalue weighted by Gasteiger charge is -2.26. The van der Waals surface area contributed by atoms with Crippen LogP contribution in [0, 0.1) is 5.41 Å². The minimum atomic E-state index is -0.188. The zero-order chi connectivity index (χ0) is 24.8. The van der Waals surface area contributed by atoms with Crippen molar-refractivity contribution in [3.05, 3.63) is 125 Å². The van der Waals surface area contributed by atoms with Crippen molar-refractivity contribution in [2.24, 2.45) is 5.73 Å². The van der Waals surface area contributed by atoms with Gasteiger partial charge in [0.1, 0.15) is 36.3 Å². The number of nitrogens with one attached hydrogen (secondary N) is 1. The van der Waals surface area contributed by atoms with Gasteiger partial charge in [0.2, 0.25) is 0 Å². The molecule has 5 heteroatoms. The second-order valence-electron chi connectivity index (χ2n) is 9.03. The Kier molecular flexibility index (Phi) is 7.06. The second-order valence-corrected chi connectivity index (χ2v) is 9.03. The topological polar surface area (TPSA) is 88.6 Å². The first-order valence-electron chi connectivity index (χ1n) is 11.5. The largest absolute Gasteiger partial charge is 0.508 e. The van der Waals surface area contributed by atoms with E-state index in [1.54, 1.807) is 24.3 Å². The Morgan fingerprint density at radius 3 is 1.69 bits per heavy atom. The van der Waals surface area contributed by atoms with E-state index in [0.717, 1.165) is 28.2 Å². The molecule has 0 aromatic heterocycles. The minimum Gasteiger partial charge on any atom is -0.508 e. The predicted molar refractivity (Wildman–Crippen MR) is 139 cm³/mol. The summed E-state index contributed by atoms with van der Waals surface area (Å²) in [6.45, 7) is 5.23. The molecular weight excluding hydrogens is 436 g/mol. The van der Waals surface area contributed by atoms with Crippen LogP contribution in [-0.4, -0.2) is 10.9 Å². The molecule has 0 radical (unpaired) electrons. The summed E-state index contributed by atoms with van der Waals surface area (Å²) in [5, 5.41) is 17.0. The summed E-state index contributed by atoms with van der Waals surface area (Å²) in [7, 11) is 0. The molecule has 0 heterocycles. The molecule has 4 aromatic rings. The van der Waals surface area contributed by atoms with E-state index in [2.05, 4.69) is 32.0 Å². The Hall–Kier alpha value is -4.25. The summed E-state index contributed by atoms with van der Waals surface area (Å²) in [5.74, 6) is 1.85. The highest BCUT2D eigenvalue weighted by Gasteiger charge is 2.23. The van der Waals surface area contributed by atoms with E-state index in [1.807, 2.05) is 54.6 Å². The van der Waals surface area contributed by atoms with Crippen LogP contribution in [0.15, 0.2) is 97.1 Å². The normalized spacial score (nSPS) is 11.1. The van der Waals surface area contributed by atoms with Crippen LogP contribution in [0.5, 0.6) is 17.2 Å². The fourth-order valence-electron chi connectivity index (χ4n) is 3.89. The molecule has 5 nitrogen and oxygen atoms in total. The van der Waals surface area contributed by atoms with Crippen molar-refractivity contribution >= 4 is 5.84 Å². The van der Waals surface area contributed by atoms with Crippen molar-refractivity contribution in [1.29, 1.82) is 5.41 Å². The monoisotopic (exact) mass is 466 g/mol. The molecule has 35 heavy (non-hydrogen) atoms. The highest BCUT2D eigenvalue weighted by Crippen LogP contribution is 2.33. The molecule has 0 amide bonds. The van der Waals surface area contributed by atoms with E-state index >= 15 is 0 Å². The van der Waals surface area contributed by atoms with E-state index < -0.39 is 0 Å². The van der Waals surface area contributed by atoms with Crippen molar-refractivity contribution < 1.29 is 14.6 Å². The van der Waals surface area contributed by atoms with Gasteiger partial charge in [-0.1, -0.05) is 56.3 Å². The lowest BCUT2D eigenvalue weighted by atomic mass is 9.78. The van der Waals surface area contributed by atoms with Gasteiger partial charge >= 0.3 is 0 Å². The smallest absolute Gasteiger partial charge is 0.122 e. The Morgan fingerprint density at radius 2 is 1.20 bits per heavy atom. The molecule has 4 aromatic carbocycles. The highest BCUT2D eigenvalue weighted by molar-refractivity contribution is 5.94. The van der Waals surface area contributed by atoms with E-state index in [9.17, 15) is 5.11 Å². The Labute approximate surface area is 206 Å². The molecule has 0 aliphatic carbocycles. The van der Waals surface area contributed by atoms with E-state index in [1.165, 1.54) is 5.56 Å². The second kappa shape index (κ2) is 10.3. The first kappa shape index (κ1) is 23.9. The standard InChI is InChI=1S/C30H30N2O3/c1-30(2,24-8-12-26(33)13-9-24)25-10-16-28(17-11-25)35-20-22-5-3-4-21(18-22)19-34-27-14-6-23(7-15-27)29(31)32/h3-18,33H,19-20H2,1-2H3,(H3,31,32). The number of nitrogen functional groups attached to an aromatic ring is 1. The number of hydrogen-bond acceptors (Lipinski definition) is 4. The van der Waals surface area contributed by atoms with Crippen LogP contribution < -0.4 is 15.2 Å². The van der Waals surface area contributed by atoms with Gasteiger partial charge in [-0.2, -0.15) is 0 Å². The van der Waals surface area contributed by atoms with Crippen LogP contribution in [0.3, 0.4) is 0 Å². The molecule has 0 saturated heterocycles. The zero-order valence-electron chi connectivity index (χ0n) is 20.0. The number of phenols is 1. The van der Waals surface area contributed by atoms with E-state index in [-0.39, 0.29) is 17.0 Å². The first-order valence-corrected chi connectivity index (χ1v) is 11.5. The van der Waals surface area contributed by atoms with Crippen molar-refractivity contribution in [1.82, 2.24) is 0 Å². The lowest BCUT2D eigenvalue weighted by molar-refractivity contribution is 0.300. The molecule has 4 rings (SSSR count). The molecular formula is C30H30N2O3. The van der Waals surface area contributed by atoms with E-state index in [4.69, 9.17) is 20.6 Å². The van der Waals surface area contributed by atoms with Crippen LogP contribution in [0.25, 0.3) is 0 Å². The van der Waals surface area contributed by atoms with Crippen molar-refractivity contribution in [2.75, 3.05) is 0 Å². The fourth-order valence-corrected chi connectivity index (χ4v) is 3.89. The summed E-state index contributed by atoms with van der Waals surface area (Å²) in [5.41, 5.74) is 10.4. The van der Waals surface area contributed by atoms with Crippen molar-refractivity contribution in [3.63, 3.8) is 0 Å². The van der Waals surface area contributed by atoms with Gasteiger partial charge in [0, 0.05) is 11.0 Å². The van der Waals surface area contributed by atoms with Gasteiger partial charge < -0.3 is 20.3 Å². The maximum Gasteiger partial charge on any atom is 0.122 e. The third-order valence-electron chi connectivity index (χ3n) is 6.13. The number of amidine groups is 1. The Morgan fingerprint density at radius 1 is 0.743 bits per heavy atom. The number of aromatic hydroxyl groups is 1. The van der Waals surface area contributed by atoms with Crippen LogP contribution in [0.4, 0.5) is 0 Å². The predicted octanol–water partition coefficient (Wildman–Crippen LogP) is 6.16. The van der Waals surface area contributed by atoms with Gasteiger partial charge in [-0.25, -0.2) is 0 Å². The van der Waals surface area contributed by atoms with Gasteiger partial charge in [0.15, 0.2) is 0 Å². The first-order chi connectivity index (χ1) is 16.8. The Balaban J connectivity index is 1.34. The van der Waals surface area contributed by atoms with Crippen molar-refractivity contribution in [2.45, 2.75) is 32.5 Å². The average molecular weight is 467 g/mol. The molecule has 0 spiro atoms. The zero-order valence-corrected chi connectivity index (χ0v) is 20.0. The van der Waals surface area contributed by atoms with Gasteiger partial charge in [-0.15, -0.1) is 0 Å². The van der Waals surface area contributed by atoms with E-state index in [0.29, 0.717) is 18.8 Å². The highest BCUT2D eigenvalue weighted by atomic mass is 16.5. The minimum absolute atomic E-state index is 0.0416. The van der Waals surface area contributed by atoms with Gasteiger partial charge in [-0.3, -0.25) is 5.41 Å². The van der Waals surface area contributed by atoms with Gasteiger partial charge in [-0.05, 0) is 76.9 Å². The number of nitrogens with two attached hydrogens (primary N) is 1. The van der Waals surface area contributed by atoms with Gasteiger partial charge in [0.05, 0.1) is 0 Å². The summed E-state index contributed by atoms with van der Waals surface area (Å²) >= 11 is 0. The molecule has 0 bridgehead atoms. The third kappa shape index (κ3) is 6.01. The number of phenolic OH excluding ortho intramolecular Hbond substituents is 1. The molecule has 0 saturated carbocycles. The number of hydrogen-bond donors (Lipinski definition) is 3. The van der Waals surface area contributed by atoms with Crippen LogP contribution in [-0.2, 0) is 18.6 Å². The molecule has 0 atom stereocenters. The lowest BCUT2D eigenvalue weighted by Crippen LogP contribution is -2.18. The third-order valence-corrected chi connectivity index (χ3v) is 6.13. The quantitative estimate of drug-likeness (QED) is 0.204. The summed E-state index contributed by atoms with van der Waals surface area (Å²) in [6, 6.07) is 30.8. The van der Waals surface area contributed by atoms with Crippen molar-refractivity contribution in [3.8, 4) is 17.2 Å². The number of rotatable bonds is 9. The molecule has 0 aliphatic rings. The summed E-state index contributed by atoms with van der Waals surface area (Å²) in [6.07, 6.45) is 0. The molecule has 178 valence electrons. The van der Waals surface area contributed by atoms with Crippen LogP contribution in [0.2, 0.25) is 0 Å². The van der Waals surface area contributed by atoms with Crippen LogP contribution >= 0.6 is 0 Å². The molecule has 0 aliphatic heterocycles. The summed E-state index contributed by atoms with van der Waals surface area (Å²) in [4.78, 5) is 0. The Bertz CT molecular complexity index is 1280. The van der Waals surface area contributed by atoms with Crippen LogP contribution in [0.1, 0.15) is 41.7 Å². The molecule has 4 N–H and O–H groups in total. The maximum atomic E-state index is 9.57.